The van der Waals surface area contributed by atoms with Crippen LogP contribution in [0.25, 0.3) is 0 Å². The Labute approximate surface area is 114 Å². The minimum atomic E-state index is -0.819. The van der Waals surface area contributed by atoms with Crippen molar-refractivity contribution in [3.05, 3.63) is 70.8 Å². The molecule has 0 bridgehead atoms. The lowest BCUT2D eigenvalue weighted by Gasteiger charge is -2.29. The fourth-order valence-corrected chi connectivity index (χ4v) is 3.10. The van der Waals surface area contributed by atoms with Crippen molar-refractivity contribution in [3.63, 3.8) is 0 Å². The predicted octanol–water partition coefficient (Wildman–Crippen LogP) is 3.96. The standard InChI is InChI=1S/C18H20O/c1-14-9-11-16(12-10-14)18(19)13-5-4-7-15-6-2-3-8-17(15)18/h2-3,6,8-12,19H,4-5,7,13H2,1H3. The van der Waals surface area contributed by atoms with E-state index in [0.29, 0.717) is 0 Å². The molecule has 1 N–H and O–H groups in total. The van der Waals surface area contributed by atoms with Crippen LogP contribution in [0.15, 0.2) is 48.5 Å². The van der Waals surface area contributed by atoms with Gasteiger partial charge in [0.1, 0.15) is 5.60 Å². The third kappa shape index (κ3) is 2.19. The molecule has 0 fully saturated rings. The molecule has 0 aliphatic heterocycles. The average Bonchev–Trinajstić information content (AvgIpc) is 2.61. The first-order valence-electron chi connectivity index (χ1n) is 7.08. The van der Waals surface area contributed by atoms with Crippen LogP contribution in [0, 0.1) is 6.92 Å². The highest BCUT2D eigenvalue weighted by atomic mass is 16.3. The van der Waals surface area contributed by atoms with Crippen LogP contribution in [0.5, 0.6) is 0 Å². The van der Waals surface area contributed by atoms with E-state index < -0.39 is 5.60 Å². The maximum Gasteiger partial charge on any atom is 0.115 e. The Morgan fingerprint density at radius 2 is 1.68 bits per heavy atom. The molecule has 0 heterocycles. The third-order valence-corrected chi connectivity index (χ3v) is 4.23. The molecule has 19 heavy (non-hydrogen) atoms. The van der Waals surface area contributed by atoms with Gasteiger partial charge in [0.2, 0.25) is 0 Å². The summed E-state index contributed by atoms with van der Waals surface area (Å²) in [5.41, 5.74) is 3.82. The van der Waals surface area contributed by atoms with Crippen molar-refractivity contribution in [2.75, 3.05) is 0 Å². The number of hydrogen-bond acceptors (Lipinski definition) is 1. The maximum absolute atomic E-state index is 11.3. The van der Waals surface area contributed by atoms with Gasteiger partial charge in [-0.3, -0.25) is 0 Å². The summed E-state index contributed by atoms with van der Waals surface area (Å²) in [7, 11) is 0. The van der Waals surface area contributed by atoms with Crippen LogP contribution >= 0.6 is 0 Å². The summed E-state index contributed by atoms with van der Waals surface area (Å²) in [6.45, 7) is 2.08. The van der Waals surface area contributed by atoms with Gasteiger partial charge in [0.05, 0.1) is 0 Å². The Kier molecular flexibility index (Phi) is 3.16. The molecule has 2 aromatic rings. The Bertz CT molecular complexity index is 570. The van der Waals surface area contributed by atoms with E-state index in [9.17, 15) is 5.11 Å². The summed E-state index contributed by atoms with van der Waals surface area (Å²) in [6, 6.07) is 16.6. The Hall–Kier alpha value is -1.60. The van der Waals surface area contributed by atoms with Crippen molar-refractivity contribution >= 4 is 0 Å². The molecule has 0 radical (unpaired) electrons. The molecule has 0 saturated carbocycles. The Morgan fingerprint density at radius 1 is 0.947 bits per heavy atom. The number of aryl methyl sites for hydroxylation is 2. The largest absolute Gasteiger partial charge is 0.380 e. The van der Waals surface area contributed by atoms with Gasteiger partial charge in [0.15, 0.2) is 0 Å². The second-order valence-electron chi connectivity index (χ2n) is 5.59. The predicted molar refractivity (Wildman–Crippen MR) is 78.2 cm³/mol. The van der Waals surface area contributed by atoms with E-state index in [2.05, 4.69) is 49.4 Å². The number of rotatable bonds is 1. The van der Waals surface area contributed by atoms with Crippen molar-refractivity contribution in [3.8, 4) is 0 Å². The maximum atomic E-state index is 11.3. The van der Waals surface area contributed by atoms with Crippen molar-refractivity contribution in [2.45, 2.75) is 38.2 Å². The molecule has 1 atom stereocenters. The number of hydrogen-bond donors (Lipinski definition) is 1. The highest BCUT2D eigenvalue weighted by Gasteiger charge is 2.34. The van der Waals surface area contributed by atoms with Crippen molar-refractivity contribution < 1.29 is 5.11 Å². The molecule has 0 amide bonds. The van der Waals surface area contributed by atoms with Crippen LogP contribution in [0.1, 0.15) is 41.5 Å². The van der Waals surface area contributed by atoms with E-state index >= 15 is 0 Å². The first-order chi connectivity index (χ1) is 9.20. The van der Waals surface area contributed by atoms with Gasteiger partial charge in [-0.1, -0.05) is 54.1 Å². The van der Waals surface area contributed by atoms with Gasteiger partial charge >= 0.3 is 0 Å². The minimum absolute atomic E-state index is 0.813. The van der Waals surface area contributed by atoms with E-state index in [0.717, 1.165) is 36.8 Å². The van der Waals surface area contributed by atoms with E-state index in [1.54, 1.807) is 0 Å². The highest BCUT2D eigenvalue weighted by molar-refractivity contribution is 5.42. The Morgan fingerprint density at radius 3 is 2.47 bits per heavy atom. The Balaban J connectivity index is 2.14. The molecule has 2 aromatic carbocycles. The molecule has 1 nitrogen and oxygen atoms in total. The summed E-state index contributed by atoms with van der Waals surface area (Å²) >= 11 is 0. The van der Waals surface area contributed by atoms with Gasteiger partial charge in [0.25, 0.3) is 0 Å². The second kappa shape index (κ2) is 4.82. The smallest absolute Gasteiger partial charge is 0.115 e. The summed E-state index contributed by atoms with van der Waals surface area (Å²) in [5, 5.41) is 11.3. The van der Waals surface area contributed by atoms with Gasteiger partial charge in [-0.15, -0.1) is 0 Å². The fourth-order valence-electron chi connectivity index (χ4n) is 3.10. The monoisotopic (exact) mass is 252 g/mol. The lowest BCUT2D eigenvalue weighted by molar-refractivity contribution is 0.0704. The average molecular weight is 252 g/mol. The van der Waals surface area contributed by atoms with Crippen LogP contribution < -0.4 is 0 Å². The van der Waals surface area contributed by atoms with E-state index in [1.165, 1.54) is 11.1 Å². The van der Waals surface area contributed by atoms with E-state index in [1.807, 2.05) is 6.07 Å². The lowest BCUT2D eigenvalue weighted by Crippen LogP contribution is -2.27. The van der Waals surface area contributed by atoms with Crippen LogP contribution in [0.4, 0.5) is 0 Å². The molecular formula is C18H20O. The highest BCUT2D eigenvalue weighted by Crippen LogP contribution is 2.39. The van der Waals surface area contributed by atoms with Gasteiger partial charge in [-0.25, -0.2) is 0 Å². The van der Waals surface area contributed by atoms with Crippen LogP contribution in [0.3, 0.4) is 0 Å². The van der Waals surface area contributed by atoms with Crippen molar-refractivity contribution in [2.24, 2.45) is 0 Å². The first-order valence-corrected chi connectivity index (χ1v) is 7.08. The first kappa shape index (κ1) is 12.4. The van der Waals surface area contributed by atoms with Crippen molar-refractivity contribution in [1.82, 2.24) is 0 Å². The van der Waals surface area contributed by atoms with Crippen LogP contribution in [-0.4, -0.2) is 5.11 Å². The normalized spacial score (nSPS) is 22.6. The minimum Gasteiger partial charge on any atom is -0.380 e. The summed E-state index contributed by atoms with van der Waals surface area (Å²) in [4.78, 5) is 0. The fraction of sp³-hybridized carbons (Fsp3) is 0.333. The molecule has 1 aliphatic rings. The molecule has 0 spiro atoms. The molecule has 3 rings (SSSR count). The van der Waals surface area contributed by atoms with Crippen LogP contribution in [-0.2, 0) is 12.0 Å². The lowest BCUT2D eigenvalue weighted by atomic mass is 9.82. The molecule has 1 unspecified atom stereocenters. The number of aliphatic hydroxyl groups is 1. The molecule has 0 saturated heterocycles. The van der Waals surface area contributed by atoms with Gasteiger partial charge < -0.3 is 5.11 Å². The van der Waals surface area contributed by atoms with E-state index in [4.69, 9.17) is 0 Å². The van der Waals surface area contributed by atoms with Crippen molar-refractivity contribution in [1.29, 1.82) is 0 Å². The molecule has 0 aromatic heterocycles. The zero-order chi connectivity index (χ0) is 13.3. The summed E-state index contributed by atoms with van der Waals surface area (Å²) < 4.78 is 0. The second-order valence-corrected chi connectivity index (χ2v) is 5.59. The quantitative estimate of drug-likeness (QED) is 0.762. The molecular weight excluding hydrogens is 232 g/mol. The number of fused-ring (bicyclic) bond motifs is 1. The topological polar surface area (TPSA) is 20.2 Å². The number of benzene rings is 2. The molecule has 1 aliphatic carbocycles. The molecule has 98 valence electrons. The summed E-state index contributed by atoms with van der Waals surface area (Å²) in [6.07, 6.45) is 4.11. The van der Waals surface area contributed by atoms with E-state index in [-0.39, 0.29) is 0 Å². The van der Waals surface area contributed by atoms with Crippen LogP contribution in [0.2, 0.25) is 0 Å². The van der Waals surface area contributed by atoms with Gasteiger partial charge in [-0.05, 0) is 49.3 Å². The summed E-state index contributed by atoms with van der Waals surface area (Å²) in [5.74, 6) is 0. The third-order valence-electron chi connectivity index (χ3n) is 4.23. The molecule has 1 heteroatoms. The zero-order valence-corrected chi connectivity index (χ0v) is 11.4. The SMILES string of the molecule is Cc1ccc(C2(O)CCCCc3ccccc32)cc1. The van der Waals surface area contributed by atoms with Gasteiger partial charge in [-0.2, -0.15) is 0 Å². The van der Waals surface area contributed by atoms with Gasteiger partial charge in [0, 0.05) is 0 Å². The zero-order valence-electron chi connectivity index (χ0n) is 11.4.